The maximum Gasteiger partial charge on any atom is 0.307 e. The number of non-ortho nitro benzene ring substituents is 1. The molecule has 0 radical (unpaired) electrons. The van der Waals surface area contributed by atoms with Gasteiger partial charge in [-0.1, -0.05) is 15.9 Å². The van der Waals surface area contributed by atoms with Crippen molar-refractivity contribution < 1.29 is 14.1 Å². The summed E-state index contributed by atoms with van der Waals surface area (Å²) in [6, 6.07) is 16.9. The lowest BCUT2D eigenvalue weighted by atomic mass is 10.2. The van der Waals surface area contributed by atoms with E-state index in [1.165, 1.54) is 18.3 Å². The van der Waals surface area contributed by atoms with Crippen LogP contribution in [-0.2, 0) is 0 Å². The monoisotopic (exact) mass is 452 g/mol. The van der Waals surface area contributed by atoms with Crippen molar-refractivity contribution in [1.82, 2.24) is 9.99 Å². The van der Waals surface area contributed by atoms with Gasteiger partial charge in [0.1, 0.15) is 5.58 Å². The summed E-state index contributed by atoms with van der Waals surface area (Å²) in [5, 5.41) is 15.6. The van der Waals surface area contributed by atoms with Gasteiger partial charge in [0.2, 0.25) is 0 Å². The quantitative estimate of drug-likeness (QED) is 0.270. The van der Waals surface area contributed by atoms with Crippen molar-refractivity contribution in [3.8, 4) is 5.69 Å². The molecule has 8 nitrogen and oxygen atoms in total. The third kappa shape index (κ3) is 3.94. The van der Waals surface area contributed by atoms with Crippen molar-refractivity contribution in [1.29, 1.82) is 0 Å². The van der Waals surface area contributed by atoms with Crippen molar-refractivity contribution in [3.63, 3.8) is 0 Å². The molecule has 1 amide bonds. The number of benzene rings is 2. The van der Waals surface area contributed by atoms with E-state index in [0.29, 0.717) is 11.3 Å². The molecule has 2 aromatic carbocycles. The Bertz CT molecular complexity index is 1240. The molecule has 0 saturated heterocycles. The summed E-state index contributed by atoms with van der Waals surface area (Å²) < 4.78 is 8.21. The molecule has 0 spiro atoms. The van der Waals surface area contributed by atoms with Crippen LogP contribution in [0.1, 0.15) is 16.2 Å². The molecule has 0 saturated carbocycles. The number of nitro groups is 1. The number of fused-ring (bicyclic) bond motifs is 1. The number of nitrogens with one attached hydrogen (secondary N) is 1. The first-order valence-corrected chi connectivity index (χ1v) is 9.25. The molecule has 144 valence electrons. The van der Waals surface area contributed by atoms with Gasteiger partial charge in [0.15, 0.2) is 5.76 Å². The Kier molecular flexibility index (Phi) is 4.96. The molecule has 0 unspecified atom stereocenters. The van der Waals surface area contributed by atoms with Crippen molar-refractivity contribution in [2.75, 3.05) is 0 Å². The zero-order valence-electron chi connectivity index (χ0n) is 14.8. The van der Waals surface area contributed by atoms with E-state index in [1.54, 1.807) is 41.1 Å². The average Bonchev–Trinajstić information content (AvgIpc) is 3.34. The molecule has 4 aromatic rings. The van der Waals surface area contributed by atoms with Gasteiger partial charge in [-0.3, -0.25) is 14.9 Å². The van der Waals surface area contributed by atoms with Gasteiger partial charge in [-0.2, -0.15) is 5.10 Å². The van der Waals surface area contributed by atoms with Gasteiger partial charge in [0.05, 0.1) is 16.8 Å². The molecule has 1 N–H and O–H groups in total. The van der Waals surface area contributed by atoms with E-state index in [-0.39, 0.29) is 11.4 Å². The molecule has 0 aliphatic heterocycles. The summed E-state index contributed by atoms with van der Waals surface area (Å²) in [5.74, 6) is -0.317. The largest absolute Gasteiger partial charge is 0.451 e. The van der Waals surface area contributed by atoms with Gasteiger partial charge < -0.3 is 8.98 Å². The summed E-state index contributed by atoms with van der Waals surface area (Å²) in [4.78, 5) is 22.6. The standard InChI is InChI=1S/C20H13BrN4O4/c21-14-3-8-18-13(10-14)11-19(29-18)20(26)23-22-12-17-2-1-9-24(17)15-4-6-16(7-5-15)25(27)28/h1-12H,(H,23,26)/b22-12+. The lowest BCUT2D eigenvalue weighted by molar-refractivity contribution is -0.384. The second kappa shape index (κ2) is 7.72. The van der Waals surface area contributed by atoms with E-state index in [9.17, 15) is 14.9 Å². The van der Waals surface area contributed by atoms with E-state index in [4.69, 9.17) is 4.42 Å². The van der Waals surface area contributed by atoms with Gasteiger partial charge >= 0.3 is 5.91 Å². The number of nitro benzene ring substituents is 1. The molecular formula is C20H13BrN4O4. The zero-order valence-corrected chi connectivity index (χ0v) is 16.4. The Morgan fingerprint density at radius 3 is 2.72 bits per heavy atom. The van der Waals surface area contributed by atoms with Gasteiger partial charge in [-0.15, -0.1) is 0 Å². The molecule has 4 rings (SSSR count). The van der Waals surface area contributed by atoms with Crippen LogP contribution in [0.3, 0.4) is 0 Å². The van der Waals surface area contributed by atoms with Crippen LogP contribution in [0.2, 0.25) is 0 Å². The number of furan rings is 1. The Morgan fingerprint density at radius 1 is 1.17 bits per heavy atom. The average molecular weight is 453 g/mol. The number of aromatic nitrogens is 1. The fourth-order valence-corrected chi connectivity index (χ4v) is 3.19. The van der Waals surface area contributed by atoms with Crippen molar-refractivity contribution >= 4 is 44.7 Å². The van der Waals surface area contributed by atoms with E-state index in [0.717, 1.165) is 15.5 Å². The minimum absolute atomic E-state index is 0.0150. The first-order chi connectivity index (χ1) is 14.0. The molecular weight excluding hydrogens is 440 g/mol. The third-order valence-electron chi connectivity index (χ3n) is 4.18. The lowest BCUT2D eigenvalue weighted by Gasteiger charge is -2.05. The van der Waals surface area contributed by atoms with Crippen LogP contribution < -0.4 is 5.43 Å². The van der Waals surface area contributed by atoms with Gasteiger partial charge in [0, 0.05) is 33.9 Å². The number of amides is 1. The number of hydrazone groups is 1. The molecule has 2 heterocycles. The normalized spacial score (nSPS) is 11.2. The van der Waals surface area contributed by atoms with Crippen LogP contribution in [0.5, 0.6) is 0 Å². The second-order valence-electron chi connectivity index (χ2n) is 6.07. The summed E-state index contributed by atoms with van der Waals surface area (Å²) in [5.41, 5.74) is 4.48. The van der Waals surface area contributed by atoms with Crippen molar-refractivity contribution in [2.45, 2.75) is 0 Å². The molecule has 0 atom stereocenters. The highest BCUT2D eigenvalue weighted by atomic mass is 79.9. The van der Waals surface area contributed by atoms with E-state index in [1.807, 2.05) is 18.2 Å². The van der Waals surface area contributed by atoms with Crippen LogP contribution in [0.4, 0.5) is 5.69 Å². The number of nitrogens with zero attached hydrogens (tertiary/aromatic N) is 3. The smallest absolute Gasteiger partial charge is 0.307 e. The summed E-state index contributed by atoms with van der Waals surface area (Å²) in [7, 11) is 0. The van der Waals surface area contributed by atoms with Crippen LogP contribution in [-0.4, -0.2) is 21.6 Å². The minimum atomic E-state index is -0.470. The first kappa shape index (κ1) is 18.6. The highest BCUT2D eigenvalue weighted by Crippen LogP contribution is 2.23. The van der Waals surface area contributed by atoms with Crippen LogP contribution in [0.15, 0.2) is 80.9 Å². The highest BCUT2D eigenvalue weighted by molar-refractivity contribution is 9.10. The fraction of sp³-hybridized carbons (Fsp3) is 0. The maximum absolute atomic E-state index is 12.3. The Labute approximate surface area is 172 Å². The first-order valence-electron chi connectivity index (χ1n) is 8.46. The van der Waals surface area contributed by atoms with E-state index in [2.05, 4.69) is 26.5 Å². The summed E-state index contributed by atoms with van der Waals surface area (Å²) in [6.45, 7) is 0. The predicted molar refractivity (Wildman–Crippen MR) is 111 cm³/mol. The number of hydrogen-bond acceptors (Lipinski definition) is 5. The Morgan fingerprint density at radius 2 is 1.97 bits per heavy atom. The molecule has 2 aromatic heterocycles. The Balaban J connectivity index is 1.49. The fourth-order valence-electron chi connectivity index (χ4n) is 2.81. The van der Waals surface area contributed by atoms with Gasteiger partial charge in [0.25, 0.3) is 5.69 Å². The molecule has 29 heavy (non-hydrogen) atoms. The zero-order chi connectivity index (χ0) is 20.4. The number of hydrogen-bond donors (Lipinski definition) is 1. The number of rotatable bonds is 5. The molecule has 0 aliphatic carbocycles. The second-order valence-corrected chi connectivity index (χ2v) is 6.98. The van der Waals surface area contributed by atoms with Crippen LogP contribution in [0, 0.1) is 10.1 Å². The van der Waals surface area contributed by atoms with E-state index < -0.39 is 10.8 Å². The van der Waals surface area contributed by atoms with Crippen LogP contribution >= 0.6 is 15.9 Å². The van der Waals surface area contributed by atoms with Crippen molar-refractivity contribution in [3.05, 3.63) is 92.9 Å². The van der Waals surface area contributed by atoms with E-state index >= 15 is 0 Å². The molecule has 0 fully saturated rings. The molecule has 9 heteroatoms. The lowest BCUT2D eigenvalue weighted by Crippen LogP contribution is -2.17. The summed E-state index contributed by atoms with van der Waals surface area (Å²) >= 11 is 3.38. The maximum atomic E-state index is 12.3. The summed E-state index contributed by atoms with van der Waals surface area (Å²) in [6.07, 6.45) is 3.28. The Hall–Kier alpha value is -3.72. The van der Waals surface area contributed by atoms with Gasteiger partial charge in [-0.25, -0.2) is 5.43 Å². The minimum Gasteiger partial charge on any atom is -0.451 e. The number of halogens is 1. The number of carbonyl (C=O) groups excluding carboxylic acids is 1. The topological polar surface area (TPSA) is 103 Å². The van der Waals surface area contributed by atoms with Crippen molar-refractivity contribution in [2.24, 2.45) is 5.10 Å². The third-order valence-corrected chi connectivity index (χ3v) is 4.68. The predicted octanol–water partition coefficient (Wildman–Crippen LogP) is 4.66. The molecule has 0 aliphatic rings. The molecule has 0 bridgehead atoms. The van der Waals surface area contributed by atoms with Crippen LogP contribution in [0.25, 0.3) is 16.7 Å². The van der Waals surface area contributed by atoms with Gasteiger partial charge in [-0.05, 0) is 48.5 Å². The highest BCUT2D eigenvalue weighted by Gasteiger charge is 2.12. The SMILES string of the molecule is O=C(N/N=C/c1cccn1-c1ccc([N+](=O)[O-])cc1)c1cc2cc(Br)ccc2o1. The number of carbonyl (C=O) groups is 1.